The van der Waals surface area contributed by atoms with Crippen molar-refractivity contribution in [3.8, 4) is 0 Å². The fourth-order valence-corrected chi connectivity index (χ4v) is 3.49. The molecule has 2 saturated heterocycles. The van der Waals surface area contributed by atoms with E-state index >= 15 is 0 Å². The van der Waals surface area contributed by atoms with Crippen LogP contribution in [0, 0.1) is 5.41 Å². The lowest BCUT2D eigenvalue weighted by Crippen LogP contribution is -2.44. The van der Waals surface area contributed by atoms with Crippen molar-refractivity contribution in [3.05, 3.63) is 0 Å². The van der Waals surface area contributed by atoms with E-state index in [0.29, 0.717) is 13.1 Å². The highest BCUT2D eigenvalue weighted by molar-refractivity contribution is 6.06. The van der Waals surface area contributed by atoms with Crippen molar-refractivity contribution < 1.29 is 19.2 Å². The number of amides is 6. The van der Waals surface area contributed by atoms with Crippen LogP contribution in [0.2, 0.25) is 0 Å². The molecule has 0 aromatic carbocycles. The summed E-state index contributed by atoms with van der Waals surface area (Å²) in [4.78, 5) is 49.4. The third-order valence-corrected chi connectivity index (χ3v) is 5.33. The molecule has 0 atom stereocenters. The first-order valence-corrected chi connectivity index (χ1v) is 9.25. The van der Waals surface area contributed by atoms with Gasteiger partial charge >= 0.3 is 12.1 Å². The number of hydrogen-bond acceptors (Lipinski definition) is 4. The monoisotopic (exact) mass is 366 g/mol. The minimum Gasteiger partial charge on any atom is -0.315 e. The molecule has 2 aliphatic heterocycles. The molecule has 6 amide bonds. The molecule has 0 saturated carbocycles. The number of nitrogens with one attached hydrogen (secondary N) is 2. The molecule has 26 heavy (non-hydrogen) atoms. The second-order valence-corrected chi connectivity index (χ2v) is 8.47. The lowest BCUT2D eigenvalue weighted by molar-refractivity contribution is -0.125. The van der Waals surface area contributed by atoms with Gasteiger partial charge in [-0.25, -0.2) is 9.59 Å². The van der Waals surface area contributed by atoms with Gasteiger partial charge in [0.05, 0.1) is 0 Å². The molecule has 2 rings (SSSR count). The van der Waals surface area contributed by atoms with Gasteiger partial charge in [0, 0.05) is 13.1 Å². The summed E-state index contributed by atoms with van der Waals surface area (Å²) in [7, 11) is 0. The maximum absolute atomic E-state index is 11.9. The maximum atomic E-state index is 11.9. The summed E-state index contributed by atoms with van der Waals surface area (Å²) in [5, 5.41) is 4.65. The second kappa shape index (κ2) is 7.63. The predicted molar refractivity (Wildman–Crippen MR) is 96.3 cm³/mol. The molecule has 0 aromatic rings. The molecular weight excluding hydrogens is 336 g/mol. The van der Waals surface area contributed by atoms with Crippen LogP contribution >= 0.6 is 0 Å². The Kier molecular flexibility index (Phi) is 5.93. The van der Waals surface area contributed by atoms with Crippen LogP contribution in [0.15, 0.2) is 0 Å². The Balaban J connectivity index is 1.67. The Labute approximate surface area is 154 Å². The SMILES string of the molecule is CC(C)(CCCCN1CC(=O)NC1=O)CCCN1C(=O)NC(=O)C1(C)C. The average Bonchev–Trinajstić information content (AvgIpc) is 2.93. The minimum absolute atomic E-state index is 0.118. The van der Waals surface area contributed by atoms with Crippen molar-refractivity contribution in [3.63, 3.8) is 0 Å². The van der Waals surface area contributed by atoms with E-state index in [1.165, 1.54) is 0 Å². The first-order valence-electron chi connectivity index (χ1n) is 9.25. The van der Waals surface area contributed by atoms with Gasteiger partial charge in [-0.2, -0.15) is 0 Å². The summed E-state index contributed by atoms with van der Waals surface area (Å²) in [6, 6.07) is -0.605. The number of hydrogen-bond donors (Lipinski definition) is 2. The molecule has 2 fully saturated rings. The van der Waals surface area contributed by atoms with E-state index < -0.39 is 5.54 Å². The quantitative estimate of drug-likeness (QED) is 0.480. The summed E-state index contributed by atoms with van der Waals surface area (Å²) < 4.78 is 0. The van der Waals surface area contributed by atoms with Crippen LogP contribution in [0.1, 0.15) is 59.8 Å². The third-order valence-electron chi connectivity index (χ3n) is 5.33. The second-order valence-electron chi connectivity index (χ2n) is 8.47. The summed E-state index contributed by atoms with van der Waals surface area (Å²) >= 11 is 0. The van der Waals surface area contributed by atoms with Crippen LogP contribution in [0.5, 0.6) is 0 Å². The Hall–Kier alpha value is -2.12. The van der Waals surface area contributed by atoms with Crippen LogP contribution in [0.25, 0.3) is 0 Å². The number of carbonyl (C=O) groups excluding carboxylic acids is 4. The molecule has 0 bridgehead atoms. The maximum Gasteiger partial charge on any atom is 0.324 e. The van der Waals surface area contributed by atoms with Crippen molar-refractivity contribution in [2.75, 3.05) is 19.6 Å². The summed E-state index contributed by atoms with van der Waals surface area (Å²) in [5.41, 5.74) is -0.664. The number of rotatable bonds is 9. The van der Waals surface area contributed by atoms with E-state index in [4.69, 9.17) is 0 Å². The van der Waals surface area contributed by atoms with Crippen molar-refractivity contribution in [2.24, 2.45) is 5.41 Å². The summed E-state index contributed by atoms with van der Waals surface area (Å²) in [6.45, 7) is 9.23. The fourth-order valence-electron chi connectivity index (χ4n) is 3.49. The highest BCUT2D eigenvalue weighted by Gasteiger charge is 2.45. The number of nitrogens with zero attached hydrogens (tertiary/aromatic N) is 2. The van der Waals surface area contributed by atoms with Crippen LogP contribution < -0.4 is 10.6 Å². The molecule has 0 aromatic heterocycles. The van der Waals surface area contributed by atoms with Gasteiger partial charge in [-0.05, 0) is 44.9 Å². The molecular formula is C18H30N4O4. The number of imide groups is 2. The van der Waals surface area contributed by atoms with E-state index in [2.05, 4.69) is 24.5 Å². The molecule has 2 aliphatic rings. The number of carbonyl (C=O) groups is 4. The highest BCUT2D eigenvalue weighted by atomic mass is 16.2. The largest absolute Gasteiger partial charge is 0.324 e. The van der Waals surface area contributed by atoms with E-state index in [9.17, 15) is 19.2 Å². The van der Waals surface area contributed by atoms with Crippen molar-refractivity contribution in [1.82, 2.24) is 20.4 Å². The Bertz CT molecular complexity index is 600. The van der Waals surface area contributed by atoms with E-state index in [1.807, 2.05) is 0 Å². The lowest BCUT2D eigenvalue weighted by Gasteiger charge is -2.30. The van der Waals surface area contributed by atoms with E-state index in [1.54, 1.807) is 23.6 Å². The zero-order chi connectivity index (χ0) is 19.5. The highest BCUT2D eigenvalue weighted by Crippen LogP contribution is 2.30. The molecule has 8 heteroatoms. The number of unbranched alkanes of at least 4 members (excludes halogenated alkanes) is 1. The topological polar surface area (TPSA) is 98.8 Å². The van der Waals surface area contributed by atoms with Gasteiger partial charge in [0.25, 0.3) is 5.91 Å². The van der Waals surface area contributed by atoms with Crippen molar-refractivity contribution in [1.29, 1.82) is 0 Å². The smallest absolute Gasteiger partial charge is 0.315 e. The van der Waals surface area contributed by atoms with Gasteiger partial charge in [-0.3, -0.25) is 20.2 Å². The molecule has 0 radical (unpaired) electrons. The van der Waals surface area contributed by atoms with Gasteiger partial charge in [0.2, 0.25) is 5.91 Å². The van der Waals surface area contributed by atoms with Gasteiger partial charge in [-0.15, -0.1) is 0 Å². The first-order chi connectivity index (χ1) is 12.0. The molecule has 0 unspecified atom stereocenters. The van der Waals surface area contributed by atoms with Crippen LogP contribution in [0.3, 0.4) is 0 Å². The van der Waals surface area contributed by atoms with E-state index in [-0.39, 0.29) is 35.8 Å². The van der Waals surface area contributed by atoms with E-state index in [0.717, 1.165) is 32.1 Å². The van der Waals surface area contributed by atoms with Gasteiger partial charge in [0.15, 0.2) is 0 Å². The fraction of sp³-hybridized carbons (Fsp3) is 0.778. The molecule has 0 aliphatic carbocycles. The average molecular weight is 366 g/mol. The summed E-state index contributed by atoms with van der Waals surface area (Å²) in [6.07, 6.45) is 4.62. The molecule has 0 spiro atoms. The van der Waals surface area contributed by atoms with Crippen LogP contribution in [-0.4, -0.2) is 58.8 Å². The normalized spacial score (nSPS) is 20.0. The molecule has 2 N–H and O–H groups in total. The summed E-state index contributed by atoms with van der Waals surface area (Å²) in [5.74, 6) is -0.478. The van der Waals surface area contributed by atoms with Crippen molar-refractivity contribution >= 4 is 23.9 Å². The molecule has 8 nitrogen and oxygen atoms in total. The van der Waals surface area contributed by atoms with Crippen LogP contribution in [0.4, 0.5) is 9.59 Å². The number of urea groups is 2. The molecule has 146 valence electrons. The Morgan fingerprint density at radius 2 is 1.58 bits per heavy atom. The van der Waals surface area contributed by atoms with Gasteiger partial charge in [0.1, 0.15) is 12.1 Å². The zero-order valence-corrected chi connectivity index (χ0v) is 16.2. The zero-order valence-electron chi connectivity index (χ0n) is 16.2. The minimum atomic E-state index is -0.783. The predicted octanol–water partition coefficient (Wildman–Crippen LogP) is 1.85. The molecule has 2 heterocycles. The van der Waals surface area contributed by atoms with Crippen molar-refractivity contribution in [2.45, 2.75) is 65.3 Å². The standard InChI is InChI=1S/C18H30N4O4/c1-17(2,8-5-6-10-21-12-13(23)19-15(21)25)9-7-11-22-16(26)20-14(24)18(22,3)4/h5-12H2,1-4H3,(H,19,23,25)(H,20,24,26). The lowest BCUT2D eigenvalue weighted by atomic mass is 9.82. The Morgan fingerprint density at radius 3 is 2.12 bits per heavy atom. The third kappa shape index (κ3) is 4.74. The van der Waals surface area contributed by atoms with Gasteiger partial charge < -0.3 is 9.80 Å². The van der Waals surface area contributed by atoms with Crippen LogP contribution in [-0.2, 0) is 9.59 Å². The Morgan fingerprint density at radius 1 is 0.923 bits per heavy atom. The van der Waals surface area contributed by atoms with Gasteiger partial charge in [-0.1, -0.05) is 20.3 Å². The first kappa shape index (κ1) is 20.2.